The molecule has 114 valence electrons. The predicted molar refractivity (Wildman–Crippen MR) is 90.4 cm³/mol. The number of amides is 1. The van der Waals surface area contributed by atoms with E-state index in [4.69, 9.17) is 0 Å². The second kappa shape index (κ2) is 6.40. The first-order chi connectivity index (χ1) is 10.6. The summed E-state index contributed by atoms with van der Waals surface area (Å²) in [6.07, 6.45) is 0. The zero-order valence-corrected chi connectivity index (χ0v) is 13.7. The summed E-state index contributed by atoms with van der Waals surface area (Å²) >= 11 is 3.40. The summed E-state index contributed by atoms with van der Waals surface area (Å²) in [4.78, 5) is 16.5. The molecule has 0 unspecified atom stereocenters. The number of para-hydroxylation sites is 2. The number of phenols is 1. The highest BCUT2D eigenvalue weighted by molar-refractivity contribution is 9.10. The van der Waals surface area contributed by atoms with Gasteiger partial charge in [0.15, 0.2) is 0 Å². The van der Waals surface area contributed by atoms with E-state index in [1.165, 1.54) is 0 Å². The summed E-state index contributed by atoms with van der Waals surface area (Å²) in [6, 6.07) is 14.8. The number of carbonyl (C=O) groups is 1. The smallest absolute Gasteiger partial charge is 0.254 e. The fraction of sp³-hybridized carbons (Fsp3) is 0.235. The average Bonchev–Trinajstić information content (AvgIpc) is 2.55. The van der Waals surface area contributed by atoms with Crippen LogP contribution < -0.4 is 4.90 Å². The Morgan fingerprint density at radius 2 is 1.73 bits per heavy atom. The van der Waals surface area contributed by atoms with Crippen LogP contribution in [0.5, 0.6) is 5.75 Å². The van der Waals surface area contributed by atoms with Gasteiger partial charge in [-0.1, -0.05) is 34.1 Å². The molecule has 5 heteroatoms. The molecular weight excluding hydrogens is 344 g/mol. The largest absolute Gasteiger partial charge is 0.506 e. The number of hydrogen-bond donors (Lipinski definition) is 1. The lowest BCUT2D eigenvalue weighted by Crippen LogP contribution is -2.48. The van der Waals surface area contributed by atoms with E-state index in [2.05, 4.69) is 20.8 Å². The number of carbonyl (C=O) groups excluding carboxylic acids is 1. The van der Waals surface area contributed by atoms with Crippen molar-refractivity contribution < 1.29 is 9.90 Å². The monoisotopic (exact) mass is 360 g/mol. The van der Waals surface area contributed by atoms with Gasteiger partial charge in [-0.2, -0.15) is 0 Å². The van der Waals surface area contributed by atoms with Crippen molar-refractivity contribution in [2.75, 3.05) is 31.1 Å². The Hall–Kier alpha value is -2.01. The van der Waals surface area contributed by atoms with E-state index in [1.807, 2.05) is 47.4 Å². The Kier molecular flexibility index (Phi) is 4.34. The van der Waals surface area contributed by atoms with Crippen molar-refractivity contribution in [1.82, 2.24) is 4.90 Å². The number of hydrogen-bond acceptors (Lipinski definition) is 3. The Balaban J connectivity index is 1.67. The molecule has 2 aromatic carbocycles. The van der Waals surface area contributed by atoms with Crippen molar-refractivity contribution in [3.63, 3.8) is 0 Å². The van der Waals surface area contributed by atoms with Crippen LogP contribution in [0.15, 0.2) is 53.0 Å². The minimum absolute atomic E-state index is 0.0539. The highest BCUT2D eigenvalue weighted by Gasteiger charge is 2.23. The molecule has 0 aromatic heterocycles. The maximum Gasteiger partial charge on any atom is 0.254 e. The zero-order valence-electron chi connectivity index (χ0n) is 12.1. The maximum atomic E-state index is 12.5. The Morgan fingerprint density at radius 3 is 2.41 bits per heavy atom. The molecule has 22 heavy (non-hydrogen) atoms. The number of halogens is 1. The molecule has 0 atom stereocenters. The molecule has 0 saturated carbocycles. The van der Waals surface area contributed by atoms with Gasteiger partial charge in [0.25, 0.3) is 5.91 Å². The molecule has 1 amide bonds. The quantitative estimate of drug-likeness (QED) is 0.894. The molecule has 1 fully saturated rings. The van der Waals surface area contributed by atoms with Crippen molar-refractivity contribution in [1.29, 1.82) is 0 Å². The minimum atomic E-state index is 0.0539. The SMILES string of the molecule is O=C(c1cccc(Br)c1)N1CCN(c2ccccc2O)CC1. The Bertz CT molecular complexity index is 682. The molecule has 1 saturated heterocycles. The molecule has 1 heterocycles. The van der Waals surface area contributed by atoms with Crippen LogP contribution >= 0.6 is 15.9 Å². The summed E-state index contributed by atoms with van der Waals surface area (Å²) in [6.45, 7) is 2.74. The van der Waals surface area contributed by atoms with Gasteiger partial charge >= 0.3 is 0 Å². The van der Waals surface area contributed by atoms with Gasteiger partial charge in [-0.05, 0) is 30.3 Å². The summed E-state index contributed by atoms with van der Waals surface area (Å²) in [5.74, 6) is 0.340. The molecule has 3 rings (SSSR count). The van der Waals surface area contributed by atoms with Gasteiger partial charge in [0, 0.05) is 36.2 Å². The van der Waals surface area contributed by atoms with Gasteiger partial charge in [-0.25, -0.2) is 0 Å². The van der Waals surface area contributed by atoms with Gasteiger partial charge in [-0.15, -0.1) is 0 Å². The van der Waals surface area contributed by atoms with Crippen molar-refractivity contribution in [3.05, 3.63) is 58.6 Å². The minimum Gasteiger partial charge on any atom is -0.506 e. The van der Waals surface area contributed by atoms with Crippen LogP contribution in [0.2, 0.25) is 0 Å². The van der Waals surface area contributed by atoms with Crippen LogP contribution in [0.25, 0.3) is 0 Å². The first-order valence-electron chi connectivity index (χ1n) is 7.23. The second-order valence-corrected chi connectivity index (χ2v) is 6.19. The number of rotatable bonds is 2. The third-order valence-electron chi connectivity index (χ3n) is 3.86. The molecule has 2 aromatic rings. The van der Waals surface area contributed by atoms with E-state index < -0.39 is 0 Å². The number of phenolic OH excluding ortho intramolecular Hbond substituents is 1. The van der Waals surface area contributed by atoms with E-state index in [0.29, 0.717) is 18.7 Å². The number of benzene rings is 2. The summed E-state index contributed by atoms with van der Waals surface area (Å²) in [5.41, 5.74) is 1.53. The lowest BCUT2D eigenvalue weighted by molar-refractivity contribution is 0.0746. The van der Waals surface area contributed by atoms with Crippen LogP contribution in [-0.2, 0) is 0 Å². The van der Waals surface area contributed by atoms with Gasteiger partial charge in [0.05, 0.1) is 5.69 Å². The lowest BCUT2D eigenvalue weighted by atomic mass is 10.1. The molecule has 0 aliphatic carbocycles. The molecule has 0 radical (unpaired) electrons. The van der Waals surface area contributed by atoms with Gasteiger partial charge in [0.2, 0.25) is 0 Å². The Morgan fingerprint density at radius 1 is 1.00 bits per heavy atom. The highest BCUT2D eigenvalue weighted by atomic mass is 79.9. The van der Waals surface area contributed by atoms with E-state index in [0.717, 1.165) is 23.2 Å². The molecular formula is C17H17BrN2O2. The normalized spacial score (nSPS) is 15.0. The summed E-state index contributed by atoms with van der Waals surface area (Å²) in [7, 11) is 0. The van der Waals surface area contributed by atoms with Gasteiger partial charge in [-0.3, -0.25) is 4.79 Å². The van der Waals surface area contributed by atoms with Crippen LogP contribution in [0.4, 0.5) is 5.69 Å². The molecule has 1 aliphatic heterocycles. The first kappa shape index (κ1) is 14.9. The topological polar surface area (TPSA) is 43.8 Å². The van der Waals surface area contributed by atoms with Crippen molar-refractivity contribution >= 4 is 27.5 Å². The van der Waals surface area contributed by atoms with Crippen LogP contribution in [-0.4, -0.2) is 42.1 Å². The second-order valence-electron chi connectivity index (χ2n) is 5.28. The fourth-order valence-corrected chi connectivity index (χ4v) is 3.09. The zero-order chi connectivity index (χ0) is 15.5. The number of anilines is 1. The van der Waals surface area contributed by atoms with E-state index in [1.54, 1.807) is 6.07 Å². The molecule has 1 aliphatic rings. The lowest BCUT2D eigenvalue weighted by Gasteiger charge is -2.36. The van der Waals surface area contributed by atoms with Crippen LogP contribution in [0, 0.1) is 0 Å². The van der Waals surface area contributed by atoms with Crippen molar-refractivity contribution in [2.24, 2.45) is 0 Å². The average molecular weight is 361 g/mol. The van der Waals surface area contributed by atoms with E-state index in [9.17, 15) is 9.90 Å². The maximum absolute atomic E-state index is 12.5. The highest BCUT2D eigenvalue weighted by Crippen LogP contribution is 2.27. The molecule has 1 N–H and O–H groups in total. The predicted octanol–water partition coefficient (Wildman–Crippen LogP) is 3.12. The van der Waals surface area contributed by atoms with Gasteiger partial charge < -0.3 is 14.9 Å². The first-order valence-corrected chi connectivity index (χ1v) is 8.02. The third kappa shape index (κ3) is 3.09. The van der Waals surface area contributed by atoms with Gasteiger partial charge in [0.1, 0.15) is 5.75 Å². The van der Waals surface area contributed by atoms with E-state index in [-0.39, 0.29) is 11.7 Å². The van der Waals surface area contributed by atoms with Crippen LogP contribution in [0.1, 0.15) is 10.4 Å². The summed E-state index contributed by atoms with van der Waals surface area (Å²) in [5, 5.41) is 9.92. The number of piperazine rings is 1. The third-order valence-corrected chi connectivity index (χ3v) is 4.35. The number of nitrogens with zero attached hydrogens (tertiary/aromatic N) is 2. The molecule has 0 spiro atoms. The van der Waals surface area contributed by atoms with E-state index >= 15 is 0 Å². The fourth-order valence-electron chi connectivity index (χ4n) is 2.69. The molecule has 4 nitrogen and oxygen atoms in total. The Labute approximate surface area is 138 Å². The molecule has 0 bridgehead atoms. The van der Waals surface area contributed by atoms with Crippen molar-refractivity contribution in [2.45, 2.75) is 0 Å². The van der Waals surface area contributed by atoms with Crippen LogP contribution in [0.3, 0.4) is 0 Å². The van der Waals surface area contributed by atoms with Crippen molar-refractivity contribution in [3.8, 4) is 5.75 Å². The number of aromatic hydroxyl groups is 1. The standard InChI is InChI=1S/C17H17BrN2O2/c18-14-5-3-4-13(12-14)17(22)20-10-8-19(9-11-20)15-6-1-2-7-16(15)21/h1-7,12,21H,8-11H2. The summed E-state index contributed by atoms with van der Waals surface area (Å²) < 4.78 is 0.909.